The summed E-state index contributed by atoms with van der Waals surface area (Å²) in [5.74, 6) is 1.69. The number of nitro groups is 1. The van der Waals surface area contributed by atoms with Gasteiger partial charge in [-0.2, -0.15) is 0 Å². The largest absolute Gasteiger partial charge is 0.370 e. The molecule has 0 aliphatic carbocycles. The van der Waals surface area contributed by atoms with Crippen molar-refractivity contribution < 1.29 is 4.92 Å². The predicted molar refractivity (Wildman–Crippen MR) is 83.8 cm³/mol. The standard InChI is InChI=1S/C14H23N5O2/c1-3-5-15-13-7-12(19(20)21)8-14(17-13)16-9-11-4-6-18(2)10-11/h7-8,11H,3-6,9-10H2,1-2H3,(H2,15,16,17). The van der Waals surface area contributed by atoms with Crippen LogP contribution in [0, 0.1) is 16.0 Å². The number of nitrogens with one attached hydrogen (secondary N) is 2. The van der Waals surface area contributed by atoms with Gasteiger partial charge in [0.1, 0.15) is 11.6 Å². The highest BCUT2D eigenvalue weighted by Crippen LogP contribution is 2.22. The van der Waals surface area contributed by atoms with Gasteiger partial charge in [0.25, 0.3) is 5.69 Å². The maximum Gasteiger partial charge on any atom is 0.276 e. The second-order valence-corrected chi connectivity index (χ2v) is 5.58. The smallest absolute Gasteiger partial charge is 0.276 e. The predicted octanol–water partition coefficient (Wildman–Crippen LogP) is 2.18. The highest BCUT2D eigenvalue weighted by atomic mass is 16.6. The normalized spacial score (nSPS) is 18.7. The van der Waals surface area contributed by atoms with Crippen molar-refractivity contribution in [2.24, 2.45) is 5.92 Å². The van der Waals surface area contributed by atoms with Crippen LogP contribution in [0.1, 0.15) is 19.8 Å². The molecule has 0 saturated carbocycles. The number of aromatic nitrogens is 1. The van der Waals surface area contributed by atoms with Crippen molar-refractivity contribution in [3.63, 3.8) is 0 Å². The summed E-state index contributed by atoms with van der Waals surface area (Å²) in [7, 11) is 2.11. The molecule has 21 heavy (non-hydrogen) atoms. The van der Waals surface area contributed by atoms with E-state index in [9.17, 15) is 10.1 Å². The van der Waals surface area contributed by atoms with Gasteiger partial charge in [-0.15, -0.1) is 0 Å². The van der Waals surface area contributed by atoms with Gasteiger partial charge in [-0.25, -0.2) is 4.98 Å². The minimum Gasteiger partial charge on any atom is -0.370 e. The molecular formula is C14H23N5O2. The van der Waals surface area contributed by atoms with Gasteiger partial charge in [-0.3, -0.25) is 10.1 Å². The van der Waals surface area contributed by atoms with Crippen LogP contribution in [0.5, 0.6) is 0 Å². The Labute approximate surface area is 124 Å². The Hall–Kier alpha value is -1.89. The molecule has 2 heterocycles. The van der Waals surface area contributed by atoms with Gasteiger partial charge in [-0.05, 0) is 32.4 Å². The van der Waals surface area contributed by atoms with Gasteiger partial charge in [0.05, 0.1) is 17.1 Å². The first-order valence-corrected chi connectivity index (χ1v) is 7.41. The molecule has 1 aliphatic rings. The van der Waals surface area contributed by atoms with E-state index >= 15 is 0 Å². The summed E-state index contributed by atoms with van der Waals surface area (Å²) in [6.07, 6.45) is 2.10. The molecular weight excluding hydrogens is 270 g/mol. The highest BCUT2D eigenvalue weighted by molar-refractivity contribution is 5.54. The molecule has 1 fully saturated rings. The van der Waals surface area contributed by atoms with E-state index in [1.165, 1.54) is 12.1 Å². The number of likely N-dealkylation sites (tertiary alicyclic amines) is 1. The van der Waals surface area contributed by atoms with Crippen LogP contribution in [-0.2, 0) is 0 Å². The Balaban J connectivity index is 2.02. The SMILES string of the molecule is CCCNc1cc([N+](=O)[O-])cc(NCC2CCN(C)C2)n1. The summed E-state index contributed by atoms with van der Waals surface area (Å²) in [6.45, 7) is 5.76. The molecule has 1 aliphatic heterocycles. The quantitative estimate of drug-likeness (QED) is 0.592. The summed E-state index contributed by atoms with van der Waals surface area (Å²) in [6, 6.07) is 2.97. The van der Waals surface area contributed by atoms with E-state index in [2.05, 4.69) is 27.6 Å². The van der Waals surface area contributed by atoms with Crippen molar-refractivity contribution in [1.29, 1.82) is 0 Å². The van der Waals surface area contributed by atoms with Gasteiger partial charge >= 0.3 is 0 Å². The Morgan fingerprint density at radius 1 is 1.43 bits per heavy atom. The first-order valence-electron chi connectivity index (χ1n) is 7.41. The van der Waals surface area contributed by atoms with Crippen LogP contribution in [0.2, 0.25) is 0 Å². The van der Waals surface area contributed by atoms with Crippen LogP contribution in [0.15, 0.2) is 12.1 Å². The van der Waals surface area contributed by atoms with Crippen LogP contribution >= 0.6 is 0 Å². The third-order valence-electron chi connectivity index (χ3n) is 3.64. The molecule has 1 aromatic heterocycles. The van der Waals surface area contributed by atoms with Crippen molar-refractivity contribution in [1.82, 2.24) is 9.88 Å². The molecule has 0 radical (unpaired) electrons. The van der Waals surface area contributed by atoms with Crippen molar-refractivity contribution >= 4 is 17.3 Å². The number of hydrogen-bond donors (Lipinski definition) is 2. The Morgan fingerprint density at radius 2 is 2.14 bits per heavy atom. The maximum absolute atomic E-state index is 11.0. The fraction of sp³-hybridized carbons (Fsp3) is 0.643. The lowest BCUT2D eigenvalue weighted by molar-refractivity contribution is -0.384. The van der Waals surface area contributed by atoms with Crippen molar-refractivity contribution in [2.75, 3.05) is 43.9 Å². The Morgan fingerprint density at radius 3 is 2.71 bits per heavy atom. The molecule has 2 N–H and O–H groups in total. The van der Waals surface area contributed by atoms with E-state index in [4.69, 9.17) is 0 Å². The van der Waals surface area contributed by atoms with Crippen molar-refractivity contribution in [3.05, 3.63) is 22.2 Å². The van der Waals surface area contributed by atoms with Crippen LogP contribution in [0.4, 0.5) is 17.3 Å². The lowest BCUT2D eigenvalue weighted by Crippen LogP contribution is -2.19. The lowest BCUT2D eigenvalue weighted by Gasteiger charge is -2.13. The first-order chi connectivity index (χ1) is 10.1. The second-order valence-electron chi connectivity index (χ2n) is 5.58. The Bertz CT molecular complexity index is 494. The minimum absolute atomic E-state index is 0.0645. The van der Waals surface area contributed by atoms with Crippen molar-refractivity contribution in [3.8, 4) is 0 Å². The van der Waals surface area contributed by atoms with Crippen LogP contribution in [-0.4, -0.2) is 48.0 Å². The number of pyridine rings is 1. The lowest BCUT2D eigenvalue weighted by atomic mass is 10.1. The third kappa shape index (κ3) is 4.56. The topological polar surface area (TPSA) is 83.3 Å². The number of anilines is 2. The van der Waals surface area contributed by atoms with Gasteiger partial charge in [-0.1, -0.05) is 6.92 Å². The summed E-state index contributed by atoms with van der Waals surface area (Å²) in [5, 5.41) is 17.3. The van der Waals surface area contributed by atoms with Gasteiger partial charge < -0.3 is 15.5 Å². The molecule has 1 atom stereocenters. The molecule has 116 valence electrons. The second kappa shape index (κ2) is 7.21. The number of nitrogens with zero attached hydrogens (tertiary/aromatic N) is 3. The summed E-state index contributed by atoms with van der Waals surface area (Å²) in [4.78, 5) is 17.3. The molecule has 1 unspecified atom stereocenters. The minimum atomic E-state index is -0.382. The van der Waals surface area contributed by atoms with Crippen LogP contribution in [0.25, 0.3) is 0 Å². The average molecular weight is 293 g/mol. The van der Waals surface area contributed by atoms with E-state index in [1.807, 2.05) is 6.92 Å². The van der Waals surface area contributed by atoms with E-state index in [0.717, 1.165) is 39.0 Å². The fourth-order valence-corrected chi connectivity index (χ4v) is 2.50. The van der Waals surface area contributed by atoms with Gasteiger partial charge in [0, 0.05) is 19.6 Å². The zero-order chi connectivity index (χ0) is 15.2. The zero-order valence-electron chi connectivity index (χ0n) is 12.6. The van der Waals surface area contributed by atoms with Crippen LogP contribution < -0.4 is 10.6 Å². The van der Waals surface area contributed by atoms with E-state index in [1.54, 1.807) is 0 Å². The maximum atomic E-state index is 11.0. The third-order valence-corrected chi connectivity index (χ3v) is 3.64. The molecule has 0 aromatic carbocycles. The molecule has 0 bridgehead atoms. The molecule has 7 nitrogen and oxygen atoms in total. The number of hydrogen-bond acceptors (Lipinski definition) is 6. The van der Waals surface area contributed by atoms with E-state index < -0.39 is 0 Å². The van der Waals surface area contributed by atoms with E-state index in [0.29, 0.717) is 17.6 Å². The first kappa shape index (κ1) is 15.5. The molecule has 0 spiro atoms. The molecule has 0 amide bonds. The molecule has 2 rings (SSSR count). The van der Waals surface area contributed by atoms with E-state index in [-0.39, 0.29) is 10.6 Å². The zero-order valence-corrected chi connectivity index (χ0v) is 12.6. The summed E-state index contributed by atoms with van der Waals surface area (Å²) < 4.78 is 0. The Kier molecular flexibility index (Phi) is 5.32. The van der Waals surface area contributed by atoms with Gasteiger partial charge in [0.15, 0.2) is 0 Å². The van der Waals surface area contributed by atoms with Crippen LogP contribution in [0.3, 0.4) is 0 Å². The molecule has 7 heteroatoms. The summed E-state index contributed by atoms with van der Waals surface area (Å²) >= 11 is 0. The van der Waals surface area contributed by atoms with Crippen molar-refractivity contribution in [2.45, 2.75) is 19.8 Å². The summed E-state index contributed by atoms with van der Waals surface area (Å²) in [5.41, 5.74) is 0.0645. The fourth-order valence-electron chi connectivity index (χ4n) is 2.50. The monoisotopic (exact) mass is 293 g/mol. The molecule has 1 aromatic rings. The number of rotatable bonds is 7. The highest BCUT2D eigenvalue weighted by Gasteiger charge is 2.19. The molecule has 1 saturated heterocycles. The average Bonchev–Trinajstić information content (AvgIpc) is 2.88. The van der Waals surface area contributed by atoms with Gasteiger partial charge in [0.2, 0.25) is 0 Å².